The molecule has 1 aromatic heterocycles. The molecule has 1 aromatic rings. The predicted octanol–water partition coefficient (Wildman–Crippen LogP) is 0.899. The van der Waals surface area contributed by atoms with E-state index in [2.05, 4.69) is 9.97 Å². The van der Waals surface area contributed by atoms with Crippen LogP contribution in [0.25, 0.3) is 0 Å². The molecule has 2 heterocycles. The highest BCUT2D eigenvalue weighted by Crippen LogP contribution is 2.13. The van der Waals surface area contributed by atoms with Gasteiger partial charge in [-0.05, 0) is 19.3 Å². The highest BCUT2D eigenvalue weighted by atomic mass is 19.1. The van der Waals surface area contributed by atoms with Crippen LogP contribution in [0.3, 0.4) is 0 Å². The van der Waals surface area contributed by atoms with Crippen molar-refractivity contribution in [1.29, 1.82) is 0 Å². The van der Waals surface area contributed by atoms with E-state index < -0.39 is 11.4 Å². The van der Waals surface area contributed by atoms with Gasteiger partial charge in [-0.2, -0.15) is 4.39 Å². The van der Waals surface area contributed by atoms with Crippen LogP contribution < -0.4 is 10.5 Å². The second-order valence-corrected chi connectivity index (χ2v) is 3.43. The van der Waals surface area contributed by atoms with Gasteiger partial charge in [0, 0.05) is 13.1 Å². The summed E-state index contributed by atoms with van der Waals surface area (Å²) in [5, 5.41) is 0. The fraction of sp³-hybridized carbons (Fsp3) is 0.556. The molecule has 0 aliphatic carbocycles. The lowest BCUT2D eigenvalue weighted by molar-refractivity contribution is 0.558. The lowest BCUT2D eigenvalue weighted by atomic mass is 10.1. The molecule has 0 amide bonds. The van der Waals surface area contributed by atoms with Gasteiger partial charge in [0.2, 0.25) is 11.8 Å². The molecule has 1 fully saturated rings. The summed E-state index contributed by atoms with van der Waals surface area (Å²) in [5.41, 5.74) is -0.694. The van der Waals surface area contributed by atoms with Crippen molar-refractivity contribution in [3.05, 3.63) is 22.4 Å². The van der Waals surface area contributed by atoms with E-state index in [1.165, 1.54) is 6.42 Å². The number of hydrogen-bond acceptors (Lipinski definition) is 3. The molecule has 1 saturated heterocycles. The van der Waals surface area contributed by atoms with E-state index in [0.717, 1.165) is 32.1 Å². The second kappa shape index (κ2) is 3.77. The number of hydrogen-bond donors (Lipinski definition) is 1. The molecule has 76 valence electrons. The van der Waals surface area contributed by atoms with Crippen molar-refractivity contribution in [1.82, 2.24) is 9.97 Å². The largest absolute Gasteiger partial charge is 0.342 e. The first-order chi connectivity index (χ1) is 6.77. The van der Waals surface area contributed by atoms with E-state index in [1.54, 1.807) is 0 Å². The third kappa shape index (κ3) is 1.76. The summed E-state index contributed by atoms with van der Waals surface area (Å²) in [7, 11) is 0. The number of nitrogens with one attached hydrogen (secondary N) is 1. The molecule has 1 N–H and O–H groups in total. The Labute approximate surface area is 80.8 Å². The average Bonchev–Trinajstić information content (AvgIpc) is 2.23. The van der Waals surface area contributed by atoms with Gasteiger partial charge in [-0.1, -0.05) is 0 Å². The summed E-state index contributed by atoms with van der Waals surface area (Å²) in [6.07, 6.45) is 4.38. The molecule has 4 nitrogen and oxygen atoms in total. The zero-order chi connectivity index (χ0) is 9.97. The highest BCUT2D eigenvalue weighted by Gasteiger charge is 2.13. The summed E-state index contributed by atoms with van der Waals surface area (Å²) in [6, 6.07) is 0. The van der Waals surface area contributed by atoms with Crippen LogP contribution >= 0.6 is 0 Å². The predicted molar refractivity (Wildman–Crippen MR) is 50.9 cm³/mol. The molecule has 2 rings (SSSR count). The molecule has 14 heavy (non-hydrogen) atoms. The SMILES string of the molecule is O=c1[nH]c(N2CCCCC2)ncc1F. The normalized spacial score (nSPS) is 17.1. The van der Waals surface area contributed by atoms with Crippen LogP contribution in [-0.4, -0.2) is 23.1 Å². The minimum atomic E-state index is -0.828. The average molecular weight is 197 g/mol. The highest BCUT2D eigenvalue weighted by molar-refractivity contribution is 5.28. The molecule has 5 heteroatoms. The van der Waals surface area contributed by atoms with Gasteiger partial charge >= 0.3 is 0 Å². The first-order valence-electron chi connectivity index (χ1n) is 4.77. The van der Waals surface area contributed by atoms with E-state index in [-0.39, 0.29) is 0 Å². The zero-order valence-corrected chi connectivity index (χ0v) is 7.79. The van der Waals surface area contributed by atoms with Crippen molar-refractivity contribution < 1.29 is 4.39 Å². The van der Waals surface area contributed by atoms with Gasteiger partial charge in [0.25, 0.3) is 5.56 Å². The number of piperidine rings is 1. The van der Waals surface area contributed by atoms with Crippen LogP contribution in [0, 0.1) is 5.82 Å². The lowest BCUT2D eigenvalue weighted by Gasteiger charge is -2.26. The fourth-order valence-electron chi connectivity index (χ4n) is 1.64. The van der Waals surface area contributed by atoms with Crippen LogP contribution in [0.2, 0.25) is 0 Å². The first kappa shape index (κ1) is 9.18. The third-order valence-electron chi connectivity index (χ3n) is 2.40. The molecular weight excluding hydrogens is 185 g/mol. The maximum atomic E-state index is 12.6. The molecule has 1 aliphatic heterocycles. The number of aromatic amines is 1. The maximum Gasteiger partial charge on any atom is 0.288 e. The second-order valence-electron chi connectivity index (χ2n) is 3.43. The van der Waals surface area contributed by atoms with Crippen LogP contribution in [0.4, 0.5) is 10.3 Å². The summed E-state index contributed by atoms with van der Waals surface area (Å²) < 4.78 is 12.6. The quantitative estimate of drug-likeness (QED) is 0.727. The number of H-pyrrole nitrogens is 1. The smallest absolute Gasteiger partial charge is 0.288 e. The van der Waals surface area contributed by atoms with Gasteiger partial charge in [-0.15, -0.1) is 0 Å². The Morgan fingerprint density at radius 3 is 2.71 bits per heavy atom. The summed E-state index contributed by atoms with van der Waals surface area (Å²) in [4.78, 5) is 19.2. The zero-order valence-electron chi connectivity index (χ0n) is 7.79. The Kier molecular flexibility index (Phi) is 2.47. The molecule has 1 aliphatic rings. The number of anilines is 1. The van der Waals surface area contributed by atoms with Crippen LogP contribution in [-0.2, 0) is 0 Å². The van der Waals surface area contributed by atoms with Gasteiger partial charge in [0.05, 0.1) is 6.20 Å². The van der Waals surface area contributed by atoms with Crippen molar-refractivity contribution >= 4 is 5.95 Å². The Bertz CT molecular complexity index is 371. The van der Waals surface area contributed by atoms with Crippen molar-refractivity contribution in [2.45, 2.75) is 19.3 Å². The van der Waals surface area contributed by atoms with E-state index in [0.29, 0.717) is 5.95 Å². The van der Waals surface area contributed by atoms with Gasteiger partial charge < -0.3 is 4.90 Å². The Morgan fingerprint density at radius 2 is 2.07 bits per heavy atom. The Balaban J connectivity index is 2.23. The van der Waals surface area contributed by atoms with E-state index >= 15 is 0 Å². The molecular formula is C9H12FN3O. The summed E-state index contributed by atoms with van der Waals surface area (Å²) >= 11 is 0. The van der Waals surface area contributed by atoms with Crippen LogP contribution in [0.15, 0.2) is 11.0 Å². The minimum Gasteiger partial charge on any atom is -0.342 e. The fourth-order valence-corrected chi connectivity index (χ4v) is 1.64. The maximum absolute atomic E-state index is 12.6. The molecule has 0 aromatic carbocycles. The summed E-state index contributed by atoms with van der Waals surface area (Å²) in [5.74, 6) is -0.346. The lowest BCUT2D eigenvalue weighted by Crippen LogP contribution is -2.32. The number of nitrogens with zero attached hydrogens (tertiary/aromatic N) is 2. The van der Waals surface area contributed by atoms with Gasteiger partial charge in [-0.25, -0.2) is 4.98 Å². The minimum absolute atomic E-state index is 0.483. The molecule has 0 spiro atoms. The standard InChI is InChI=1S/C9H12FN3O/c10-7-6-11-9(12-8(7)14)13-4-2-1-3-5-13/h6H,1-5H2,(H,11,12,14). The molecule has 0 unspecified atom stereocenters. The first-order valence-corrected chi connectivity index (χ1v) is 4.77. The Hall–Kier alpha value is -1.39. The van der Waals surface area contributed by atoms with Gasteiger partial charge in [0.15, 0.2) is 0 Å². The molecule has 0 bridgehead atoms. The monoisotopic (exact) mass is 197 g/mol. The summed E-state index contributed by atoms with van der Waals surface area (Å²) in [6.45, 7) is 1.77. The van der Waals surface area contributed by atoms with Crippen molar-refractivity contribution in [3.8, 4) is 0 Å². The van der Waals surface area contributed by atoms with E-state index in [1.807, 2.05) is 4.90 Å². The molecule has 0 atom stereocenters. The van der Waals surface area contributed by atoms with Gasteiger partial charge in [0.1, 0.15) is 0 Å². The Morgan fingerprint density at radius 1 is 1.36 bits per heavy atom. The van der Waals surface area contributed by atoms with Crippen molar-refractivity contribution in [3.63, 3.8) is 0 Å². The third-order valence-corrected chi connectivity index (χ3v) is 2.40. The van der Waals surface area contributed by atoms with E-state index in [9.17, 15) is 9.18 Å². The molecule has 0 saturated carbocycles. The number of rotatable bonds is 1. The van der Waals surface area contributed by atoms with Crippen molar-refractivity contribution in [2.24, 2.45) is 0 Å². The topological polar surface area (TPSA) is 49.0 Å². The molecule has 0 radical (unpaired) electrons. The van der Waals surface area contributed by atoms with Crippen LogP contribution in [0.1, 0.15) is 19.3 Å². The van der Waals surface area contributed by atoms with Gasteiger partial charge in [-0.3, -0.25) is 9.78 Å². The van der Waals surface area contributed by atoms with Crippen molar-refractivity contribution in [2.75, 3.05) is 18.0 Å². The van der Waals surface area contributed by atoms with E-state index in [4.69, 9.17) is 0 Å². The number of aromatic nitrogens is 2. The van der Waals surface area contributed by atoms with Crippen LogP contribution in [0.5, 0.6) is 0 Å². The number of halogens is 1.